The van der Waals surface area contributed by atoms with Crippen molar-refractivity contribution in [2.45, 2.75) is 109 Å². The van der Waals surface area contributed by atoms with Crippen LogP contribution in [0.1, 0.15) is 111 Å². The summed E-state index contributed by atoms with van der Waals surface area (Å²) in [6.45, 7) is 3.34. The largest absolute Gasteiger partial charge is 0.369 e. The minimum Gasteiger partial charge on any atom is -0.369 e. The van der Waals surface area contributed by atoms with Gasteiger partial charge in [0.1, 0.15) is 0 Å². The van der Waals surface area contributed by atoms with Gasteiger partial charge < -0.3 is 15.6 Å². The van der Waals surface area contributed by atoms with Gasteiger partial charge in [0.25, 0.3) is 5.91 Å². The average molecular weight is 556 g/mol. The fourth-order valence-electron chi connectivity index (χ4n) is 5.37. The van der Waals surface area contributed by atoms with Crippen LogP contribution in [0.15, 0.2) is 36.7 Å². The highest BCUT2D eigenvalue weighted by atomic mass is 35.5. The number of carbonyl (C=O) groups is 1. The number of rotatable bonds is 15. The number of amides is 1. The first-order valence-corrected chi connectivity index (χ1v) is 14.7. The van der Waals surface area contributed by atoms with Crippen molar-refractivity contribution >= 4 is 24.3 Å². The predicted octanol–water partition coefficient (Wildman–Crippen LogP) is 6.10. The molecule has 3 N–H and O–H groups in total. The third kappa shape index (κ3) is 9.67. The molecule has 0 bridgehead atoms. The topological polar surface area (TPSA) is 104 Å². The van der Waals surface area contributed by atoms with E-state index in [1.807, 2.05) is 23.0 Å². The van der Waals surface area contributed by atoms with E-state index in [9.17, 15) is 4.79 Å². The summed E-state index contributed by atoms with van der Waals surface area (Å²) in [4.78, 5) is 17.1. The van der Waals surface area contributed by atoms with Crippen LogP contribution in [0, 0.1) is 0 Å². The predicted molar refractivity (Wildman–Crippen MR) is 159 cm³/mol. The van der Waals surface area contributed by atoms with Crippen LogP contribution in [0.25, 0.3) is 0 Å². The summed E-state index contributed by atoms with van der Waals surface area (Å²) in [5.41, 5.74) is 10.3. The number of anilines is 1. The van der Waals surface area contributed by atoms with Crippen molar-refractivity contribution in [3.05, 3.63) is 59.2 Å². The molecule has 3 aromatic rings. The van der Waals surface area contributed by atoms with E-state index in [0.717, 1.165) is 49.9 Å². The number of hydrogen-bond acceptors (Lipinski definition) is 5. The highest BCUT2D eigenvalue weighted by Gasteiger charge is 2.18. The van der Waals surface area contributed by atoms with E-state index >= 15 is 0 Å². The van der Waals surface area contributed by atoms with Gasteiger partial charge in [0.2, 0.25) is 5.95 Å². The Bertz CT molecular complexity index is 1120. The fraction of sp³-hybridized carbons (Fsp3) is 0.600. The number of unbranched alkanes of at least 4 members (excludes halogenated alkanes) is 4. The van der Waals surface area contributed by atoms with E-state index in [-0.39, 0.29) is 18.3 Å². The van der Waals surface area contributed by atoms with Crippen LogP contribution in [0.4, 0.5) is 5.95 Å². The maximum absolute atomic E-state index is 12.4. The zero-order valence-electron chi connectivity index (χ0n) is 23.5. The van der Waals surface area contributed by atoms with Crippen LogP contribution in [-0.2, 0) is 25.8 Å². The van der Waals surface area contributed by atoms with Crippen LogP contribution in [0.3, 0.4) is 0 Å². The van der Waals surface area contributed by atoms with E-state index in [4.69, 9.17) is 5.73 Å². The smallest absolute Gasteiger partial charge is 0.251 e. The summed E-state index contributed by atoms with van der Waals surface area (Å²) in [6, 6.07) is 8.50. The summed E-state index contributed by atoms with van der Waals surface area (Å²) >= 11 is 0. The molecule has 1 aliphatic carbocycles. The number of benzene rings is 1. The molecule has 0 aliphatic heterocycles. The van der Waals surface area contributed by atoms with Crippen molar-refractivity contribution in [1.82, 2.24) is 29.9 Å². The van der Waals surface area contributed by atoms with E-state index in [1.165, 1.54) is 56.9 Å². The number of carbonyl (C=O) groups excluding carboxylic acids is 1. The molecule has 0 spiro atoms. The molecule has 214 valence electrons. The number of aromatic nitrogens is 5. The van der Waals surface area contributed by atoms with Crippen molar-refractivity contribution < 1.29 is 4.79 Å². The van der Waals surface area contributed by atoms with Gasteiger partial charge in [-0.25, -0.2) is 4.98 Å². The van der Waals surface area contributed by atoms with Gasteiger partial charge in [0.05, 0.1) is 17.9 Å². The maximum atomic E-state index is 12.4. The molecule has 1 fully saturated rings. The lowest BCUT2D eigenvalue weighted by Crippen LogP contribution is -2.27. The second kappa shape index (κ2) is 16.3. The van der Waals surface area contributed by atoms with Crippen LogP contribution in [0.2, 0.25) is 0 Å². The molecule has 1 aliphatic rings. The highest BCUT2D eigenvalue weighted by molar-refractivity contribution is 5.94. The Hall–Kier alpha value is -2.87. The minimum atomic E-state index is -0.0456. The molecule has 2 heterocycles. The Labute approximate surface area is 239 Å². The van der Waals surface area contributed by atoms with E-state index < -0.39 is 0 Å². The Morgan fingerprint density at radius 1 is 0.949 bits per heavy atom. The lowest BCUT2D eigenvalue weighted by atomic mass is 9.95. The third-order valence-electron chi connectivity index (χ3n) is 7.64. The number of hydrogen-bond donors (Lipinski definition) is 2. The van der Waals surface area contributed by atoms with Gasteiger partial charge in [-0.05, 0) is 69.1 Å². The van der Waals surface area contributed by atoms with Crippen molar-refractivity contribution in [3.63, 3.8) is 0 Å². The Morgan fingerprint density at radius 3 is 2.41 bits per heavy atom. The zero-order valence-corrected chi connectivity index (χ0v) is 24.3. The summed E-state index contributed by atoms with van der Waals surface area (Å²) in [5, 5.41) is 11.5. The molecule has 9 heteroatoms. The molecule has 0 saturated heterocycles. The van der Waals surface area contributed by atoms with Crippen molar-refractivity contribution in [3.8, 4) is 0 Å². The summed E-state index contributed by atoms with van der Waals surface area (Å²) in [7, 11) is 0. The Kier molecular flexibility index (Phi) is 12.8. The quantitative estimate of drug-likeness (QED) is 0.220. The van der Waals surface area contributed by atoms with Crippen LogP contribution in [-0.4, -0.2) is 37.0 Å². The molecular weight excluding hydrogens is 510 g/mol. The summed E-state index contributed by atoms with van der Waals surface area (Å²) in [6.07, 6.45) is 20.5. The van der Waals surface area contributed by atoms with Crippen molar-refractivity contribution in [2.24, 2.45) is 0 Å². The van der Waals surface area contributed by atoms with Gasteiger partial charge >= 0.3 is 0 Å². The van der Waals surface area contributed by atoms with Crippen LogP contribution in [0.5, 0.6) is 0 Å². The zero-order chi connectivity index (χ0) is 26.6. The SMILES string of the molecule is CCCCCc1ccc(C(=O)NCCn2cc(CCCCCc3cn(C4CCCCC4)c(N)n3)nn2)cc1.Cl. The van der Waals surface area contributed by atoms with E-state index in [2.05, 4.69) is 50.4 Å². The molecule has 1 amide bonds. The van der Waals surface area contributed by atoms with Gasteiger partial charge in [0.15, 0.2) is 0 Å². The number of nitrogens with two attached hydrogens (primary N) is 1. The normalized spacial score (nSPS) is 13.8. The van der Waals surface area contributed by atoms with Gasteiger partial charge in [-0.15, -0.1) is 17.5 Å². The molecule has 1 aromatic carbocycles. The van der Waals surface area contributed by atoms with Gasteiger partial charge in [-0.2, -0.15) is 0 Å². The summed E-state index contributed by atoms with van der Waals surface area (Å²) < 4.78 is 4.02. The van der Waals surface area contributed by atoms with Crippen LogP contribution < -0.4 is 11.1 Å². The van der Waals surface area contributed by atoms with Crippen LogP contribution >= 0.6 is 12.4 Å². The van der Waals surface area contributed by atoms with Crippen molar-refractivity contribution in [1.29, 1.82) is 0 Å². The van der Waals surface area contributed by atoms with Crippen molar-refractivity contribution in [2.75, 3.05) is 12.3 Å². The number of halogens is 1. The fourth-order valence-corrected chi connectivity index (χ4v) is 5.37. The first kappa shape index (κ1) is 30.7. The molecule has 39 heavy (non-hydrogen) atoms. The number of nitrogens with one attached hydrogen (secondary N) is 1. The first-order chi connectivity index (χ1) is 18.6. The number of imidazole rings is 1. The monoisotopic (exact) mass is 555 g/mol. The third-order valence-corrected chi connectivity index (χ3v) is 7.64. The average Bonchev–Trinajstić information content (AvgIpc) is 3.55. The van der Waals surface area contributed by atoms with Gasteiger partial charge in [-0.3, -0.25) is 9.48 Å². The number of nitrogen functional groups attached to an aromatic ring is 1. The van der Waals surface area contributed by atoms with E-state index in [1.54, 1.807) is 0 Å². The molecule has 1 saturated carbocycles. The summed E-state index contributed by atoms with van der Waals surface area (Å²) in [5.74, 6) is 0.631. The Morgan fingerprint density at radius 2 is 1.67 bits per heavy atom. The highest BCUT2D eigenvalue weighted by Crippen LogP contribution is 2.30. The van der Waals surface area contributed by atoms with E-state index in [0.29, 0.717) is 30.6 Å². The molecule has 0 radical (unpaired) electrons. The first-order valence-electron chi connectivity index (χ1n) is 14.7. The molecule has 0 unspecified atom stereocenters. The lowest BCUT2D eigenvalue weighted by Gasteiger charge is -2.23. The molecular formula is C30H46ClN7O. The van der Waals surface area contributed by atoms with Gasteiger partial charge in [0, 0.05) is 30.5 Å². The maximum Gasteiger partial charge on any atom is 0.251 e. The lowest BCUT2D eigenvalue weighted by molar-refractivity contribution is 0.0952. The molecule has 0 atom stereocenters. The number of nitrogens with zero attached hydrogens (tertiary/aromatic N) is 5. The second-order valence-corrected chi connectivity index (χ2v) is 10.7. The van der Waals surface area contributed by atoms with Gasteiger partial charge in [-0.1, -0.05) is 62.8 Å². The number of aryl methyl sites for hydroxylation is 3. The standard InChI is InChI=1S/C30H45N7O.ClH/c1-2-3-6-11-24-16-18-25(19-17-24)29(38)32-20-21-36-22-27(34-35-36)13-8-4-7-12-26-23-37(30(31)33-26)28-14-9-5-10-15-28;/h16-19,22-23,28H,2-15,20-21H2,1H3,(H2,31,33)(H,32,38);1H. The Balaban J connectivity index is 0.00000420. The molecule has 2 aromatic heterocycles. The second-order valence-electron chi connectivity index (χ2n) is 10.7. The molecule has 8 nitrogen and oxygen atoms in total. The molecule has 4 rings (SSSR count). The minimum absolute atomic E-state index is 0.